The van der Waals surface area contributed by atoms with E-state index in [2.05, 4.69) is 52.6 Å². The van der Waals surface area contributed by atoms with Gasteiger partial charge in [0.15, 0.2) is 0 Å². The van der Waals surface area contributed by atoms with E-state index in [9.17, 15) is 8.42 Å². The molecule has 0 bridgehead atoms. The van der Waals surface area contributed by atoms with E-state index >= 15 is 0 Å². The van der Waals surface area contributed by atoms with E-state index in [1.54, 1.807) is 4.31 Å². The number of rotatable bonds is 6. The summed E-state index contributed by atoms with van der Waals surface area (Å²) in [4.78, 5) is 4.75. The third-order valence-corrected chi connectivity index (χ3v) is 6.99. The average Bonchev–Trinajstić information content (AvgIpc) is 2.62. The fourth-order valence-corrected chi connectivity index (χ4v) is 5.19. The van der Waals surface area contributed by atoms with Crippen molar-refractivity contribution in [1.29, 1.82) is 0 Å². The van der Waals surface area contributed by atoms with Crippen LogP contribution in [0, 0.1) is 12.8 Å². The first-order valence-electron chi connectivity index (χ1n) is 9.73. The predicted octanol–water partition coefficient (Wildman–Crippen LogP) is 1.68. The molecule has 2 aliphatic rings. The summed E-state index contributed by atoms with van der Waals surface area (Å²) in [7, 11) is -3.33. The van der Waals surface area contributed by atoms with Crippen LogP contribution in [0.2, 0.25) is 0 Å². The Balaban J connectivity index is 1.41. The van der Waals surface area contributed by atoms with Gasteiger partial charge in [0.2, 0.25) is 0 Å². The zero-order valence-corrected chi connectivity index (χ0v) is 16.8. The molecule has 1 unspecified atom stereocenters. The summed E-state index contributed by atoms with van der Waals surface area (Å²) in [6.45, 7) is 10.7. The van der Waals surface area contributed by atoms with Crippen molar-refractivity contribution in [3.05, 3.63) is 29.8 Å². The van der Waals surface area contributed by atoms with E-state index in [1.165, 1.54) is 11.3 Å². The fourth-order valence-electron chi connectivity index (χ4n) is 3.84. The largest absolute Gasteiger partial charge is 0.369 e. The molecule has 7 heteroatoms. The molecule has 0 aliphatic carbocycles. The normalized spacial score (nSPS) is 23.3. The monoisotopic (exact) mass is 380 g/mol. The van der Waals surface area contributed by atoms with Gasteiger partial charge in [-0.2, -0.15) is 12.7 Å². The highest BCUT2D eigenvalue weighted by Gasteiger charge is 2.26. The minimum absolute atomic E-state index is 0.454. The maximum atomic E-state index is 12.4. The second kappa shape index (κ2) is 8.69. The molecule has 1 atom stereocenters. The number of nitrogens with one attached hydrogen (secondary N) is 1. The van der Waals surface area contributed by atoms with Gasteiger partial charge in [0.1, 0.15) is 0 Å². The van der Waals surface area contributed by atoms with Gasteiger partial charge >= 0.3 is 0 Å². The topological polar surface area (TPSA) is 55.9 Å². The molecule has 2 fully saturated rings. The van der Waals surface area contributed by atoms with Gasteiger partial charge in [-0.1, -0.05) is 19.1 Å². The van der Waals surface area contributed by atoms with Crippen LogP contribution in [0.25, 0.3) is 0 Å². The Morgan fingerprint density at radius 3 is 2.62 bits per heavy atom. The zero-order valence-electron chi connectivity index (χ0n) is 16.0. The number of anilines is 1. The van der Waals surface area contributed by atoms with Gasteiger partial charge < -0.3 is 4.90 Å². The van der Waals surface area contributed by atoms with Crippen LogP contribution < -0.4 is 9.62 Å². The summed E-state index contributed by atoms with van der Waals surface area (Å²) in [6.07, 6.45) is 2.08. The third-order valence-electron chi connectivity index (χ3n) is 5.41. The van der Waals surface area contributed by atoms with Crippen molar-refractivity contribution < 1.29 is 8.42 Å². The Morgan fingerprint density at radius 1 is 1.15 bits per heavy atom. The molecule has 0 spiro atoms. The van der Waals surface area contributed by atoms with Crippen molar-refractivity contribution in [1.82, 2.24) is 13.9 Å². The molecule has 0 saturated carbocycles. The van der Waals surface area contributed by atoms with Crippen LogP contribution in [0.3, 0.4) is 0 Å². The lowest BCUT2D eigenvalue weighted by Crippen LogP contribution is -2.50. The number of piperidine rings is 1. The molecule has 6 nitrogen and oxygen atoms in total. The van der Waals surface area contributed by atoms with E-state index in [1.807, 2.05) is 0 Å². The van der Waals surface area contributed by atoms with Gasteiger partial charge in [-0.15, -0.1) is 0 Å². The average molecular weight is 381 g/mol. The molecule has 146 valence electrons. The molecule has 2 saturated heterocycles. The lowest BCUT2D eigenvalue weighted by molar-refractivity contribution is 0.257. The van der Waals surface area contributed by atoms with Crippen molar-refractivity contribution >= 4 is 15.9 Å². The van der Waals surface area contributed by atoms with E-state index in [-0.39, 0.29) is 0 Å². The van der Waals surface area contributed by atoms with Crippen molar-refractivity contribution in [3.8, 4) is 0 Å². The molecule has 0 aromatic heterocycles. The molecule has 2 aliphatic heterocycles. The van der Waals surface area contributed by atoms with Crippen LogP contribution in [0.15, 0.2) is 24.3 Å². The Hall–Kier alpha value is -1.15. The number of hydrogen-bond acceptors (Lipinski definition) is 4. The Bertz CT molecular complexity index is 687. The molecule has 1 N–H and O–H groups in total. The van der Waals surface area contributed by atoms with Crippen LogP contribution in [0.1, 0.15) is 25.3 Å². The summed E-state index contributed by atoms with van der Waals surface area (Å²) in [6, 6.07) is 8.61. The van der Waals surface area contributed by atoms with Crippen LogP contribution >= 0.6 is 0 Å². The second-order valence-corrected chi connectivity index (χ2v) is 9.43. The smallest absolute Gasteiger partial charge is 0.279 e. The van der Waals surface area contributed by atoms with Gasteiger partial charge in [0, 0.05) is 58.0 Å². The van der Waals surface area contributed by atoms with Gasteiger partial charge in [-0.3, -0.25) is 4.90 Å². The van der Waals surface area contributed by atoms with Gasteiger partial charge in [-0.25, -0.2) is 4.72 Å². The Labute approximate surface area is 158 Å². The van der Waals surface area contributed by atoms with E-state index in [4.69, 9.17) is 0 Å². The number of aryl methyl sites for hydroxylation is 1. The van der Waals surface area contributed by atoms with Crippen LogP contribution in [0.5, 0.6) is 0 Å². The highest BCUT2D eigenvalue weighted by atomic mass is 32.2. The molecule has 0 radical (unpaired) electrons. The van der Waals surface area contributed by atoms with Crippen molar-refractivity contribution in [2.24, 2.45) is 5.92 Å². The van der Waals surface area contributed by atoms with Crippen molar-refractivity contribution in [3.63, 3.8) is 0 Å². The van der Waals surface area contributed by atoms with E-state index in [0.717, 1.165) is 45.6 Å². The molecule has 3 rings (SSSR count). The van der Waals surface area contributed by atoms with Crippen molar-refractivity contribution in [2.45, 2.75) is 26.7 Å². The molecular weight excluding hydrogens is 348 g/mol. The number of nitrogens with zero attached hydrogens (tertiary/aromatic N) is 3. The second-order valence-electron chi connectivity index (χ2n) is 7.67. The summed E-state index contributed by atoms with van der Waals surface area (Å²) in [5.74, 6) is 0.454. The molecule has 26 heavy (non-hydrogen) atoms. The summed E-state index contributed by atoms with van der Waals surface area (Å²) in [5, 5.41) is 0. The lowest BCUT2D eigenvalue weighted by Gasteiger charge is -2.36. The molecule has 0 amide bonds. The molecular formula is C19H32N4O2S. The summed E-state index contributed by atoms with van der Waals surface area (Å²) >= 11 is 0. The number of benzene rings is 1. The van der Waals surface area contributed by atoms with Gasteiger partial charge in [0.25, 0.3) is 10.2 Å². The molecule has 1 aromatic carbocycles. The first kappa shape index (κ1) is 19.6. The number of hydrogen-bond donors (Lipinski definition) is 1. The minimum Gasteiger partial charge on any atom is -0.369 e. The quantitative estimate of drug-likeness (QED) is 0.816. The van der Waals surface area contributed by atoms with Crippen molar-refractivity contribution in [2.75, 3.05) is 57.3 Å². The zero-order chi connectivity index (χ0) is 18.6. The highest BCUT2D eigenvalue weighted by molar-refractivity contribution is 7.87. The highest BCUT2D eigenvalue weighted by Crippen LogP contribution is 2.18. The van der Waals surface area contributed by atoms with Crippen LogP contribution in [0.4, 0.5) is 5.69 Å². The van der Waals surface area contributed by atoms with E-state index < -0.39 is 10.2 Å². The van der Waals surface area contributed by atoms with E-state index in [0.29, 0.717) is 25.6 Å². The predicted molar refractivity (Wildman–Crippen MR) is 107 cm³/mol. The first-order chi connectivity index (χ1) is 12.4. The van der Waals surface area contributed by atoms with Crippen LogP contribution in [-0.4, -0.2) is 70.0 Å². The third kappa shape index (κ3) is 5.19. The first-order valence-corrected chi connectivity index (χ1v) is 11.2. The maximum absolute atomic E-state index is 12.4. The van der Waals surface area contributed by atoms with Gasteiger partial charge in [-0.05, 0) is 43.4 Å². The van der Waals surface area contributed by atoms with Gasteiger partial charge in [0.05, 0.1) is 0 Å². The minimum atomic E-state index is -3.33. The maximum Gasteiger partial charge on any atom is 0.279 e. The Kier molecular flexibility index (Phi) is 6.55. The molecule has 1 aromatic rings. The SMILES string of the molecule is Cc1cccc(N2CCN(CCNS(=O)(=O)N3CCCC(C)C3)CC2)c1. The lowest BCUT2D eigenvalue weighted by atomic mass is 10.0. The summed E-state index contributed by atoms with van der Waals surface area (Å²) < 4.78 is 29.3. The standard InChI is InChI=1S/C19H32N4O2S/c1-17-5-3-7-19(15-17)22-13-11-21(12-14-22)10-8-20-26(24,25)23-9-4-6-18(2)16-23/h3,5,7,15,18,20H,4,6,8-14,16H2,1-2H3. The fraction of sp³-hybridized carbons (Fsp3) is 0.684. The Morgan fingerprint density at radius 2 is 1.92 bits per heavy atom. The number of piperazine rings is 1. The molecule has 2 heterocycles. The summed E-state index contributed by atoms with van der Waals surface area (Å²) in [5.41, 5.74) is 2.57. The van der Waals surface area contributed by atoms with Crippen LogP contribution in [-0.2, 0) is 10.2 Å².